The molecule has 0 aliphatic rings. The predicted molar refractivity (Wildman–Crippen MR) is 47.6 cm³/mol. The van der Waals surface area contributed by atoms with E-state index in [4.69, 9.17) is 9.47 Å². The lowest BCUT2D eigenvalue weighted by molar-refractivity contribution is 0.185. The van der Waals surface area contributed by atoms with Crippen molar-refractivity contribution >= 4 is 0 Å². The Kier molecular flexibility index (Phi) is 3.77. The Balaban J connectivity index is 2.58. The summed E-state index contributed by atoms with van der Waals surface area (Å²) in [6.45, 7) is 2.36. The van der Waals surface area contributed by atoms with Crippen LogP contribution in [0.3, 0.4) is 0 Å². The molecule has 1 aromatic carbocycles. The fraction of sp³-hybridized carbons (Fsp3) is 0.300. The summed E-state index contributed by atoms with van der Waals surface area (Å²) in [6, 6.07) is 8.04. The van der Waals surface area contributed by atoms with E-state index in [1.54, 1.807) is 20.8 Å². The summed E-state index contributed by atoms with van der Waals surface area (Å²) in [5.41, 5.74) is 2.24. The molecule has 0 N–H and O–H groups in total. The average molecular weight is 165 g/mol. The van der Waals surface area contributed by atoms with Crippen LogP contribution >= 0.6 is 0 Å². The standard InChI is InChI=1S/C10H13O2/c1-11-7-9-3-5-10(6-4-9)8-12-2/h3-7H,8H2,1-2H3. The van der Waals surface area contributed by atoms with Crippen molar-refractivity contribution in [2.24, 2.45) is 0 Å². The largest absolute Gasteiger partial charge is 0.380 e. The van der Waals surface area contributed by atoms with E-state index >= 15 is 0 Å². The van der Waals surface area contributed by atoms with Crippen LogP contribution in [-0.2, 0) is 16.1 Å². The summed E-state index contributed by atoms with van der Waals surface area (Å²) in [6.07, 6.45) is 0. The van der Waals surface area contributed by atoms with Gasteiger partial charge in [0.15, 0.2) is 0 Å². The van der Waals surface area contributed by atoms with Gasteiger partial charge in [0.25, 0.3) is 0 Å². The lowest BCUT2D eigenvalue weighted by Crippen LogP contribution is -1.88. The van der Waals surface area contributed by atoms with Crippen LogP contribution in [0, 0.1) is 6.61 Å². The van der Waals surface area contributed by atoms with Crippen LogP contribution in [0.15, 0.2) is 24.3 Å². The average Bonchev–Trinajstić information content (AvgIpc) is 2.09. The van der Waals surface area contributed by atoms with Gasteiger partial charge in [-0.25, -0.2) is 0 Å². The number of rotatable bonds is 4. The molecule has 2 nitrogen and oxygen atoms in total. The Bertz CT molecular complexity index is 191. The van der Waals surface area contributed by atoms with Crippen molar-refractivity contribution < 1.29 is 9.47 Å². The predicted octanol–water partition coefficient (Wildman–Crippen LogP) is 1.99. The minimum absolute atomic E-state index is 0.660. The van der Waals surface area contributed by atoms with Gasteiger partial charge in [-0.05, 0) is 11.1 Å². The first-order valence-corrected chi connectivity index (χ1v) is 3.80. The second kappa shape index (κ2) is 4.91. The highest BCUT2D eigenvalue weighted by Gasteiger charge is 1.93. The van der Waals surface area contributed by atoms with E-state index < -0.39 is 0 Å². The Morgan fingerprint density at radius 1 is 1.17 bits per heavy atom. The molecule has 1 aromatic rings. The summed E-state index contributed by atoms with van der Waals surface area (Å²) >= 11 is 0. The summed E-state index contributed by atoms with van der Waals surface area (Å²) in [4.78, 5) is 0. The van der Waals surface area contributed by atoms with Crippen LogP contribution in [0.4, 0.5) is 0 Å². The third kappa shape index (κ3) is 2.64. The summed E-state index contributed by atoms with van der Waals surface area (Å²) in [5, 5.41) is 0. The first-order chi connectivity index (χ1) is 5.86. The van der Waals surface area contributed by atoms with Gasteiger partial charge in [-0.3, -0.25) is 0 Å². The first kappa shape index (κ1) is 9.23. The van der Waals surface area contributed by atoms with E-state index in [2.05, 4.69) is 0 Å². The molecule has 2 heteroatoms. The third-order valence-electron chi connectivity index (χ3n) is 1.54. The maximum Gasteiger partial charge on any atom is 0.112 e. The number of benzene rings is 1. The van der Waals surface area contributed by atoms with Crippen molar-refractivity contribution in [2.45, 2.75) is 6.61 Å². The van der Waals surface area contributed by atoms with Crippen LogP contribution in [0.2, 0.25) is 0 Å². The van der Waals surface area contributed by atoms with Gasteiger partial charge in [0.1, 0.15) is 6.61 Å². The van der Waals surface area contributed by atoms with Crippen molar-refractivity contribution in [3.63, 3.8) is 0 Å². The molecular weight excluding hydrogens is 152 g/mol. The molecular formula is C10H13O2. The second-order valence-corrected chi connectivity index (χ2v) is 2.53. The fourth-order valence-corrected chi connectivity index (χ4v) is 0.995. The number of hydrogen-bond acceptors (Lipinski definition) is 2. The summed E-state index contributed by atoms with van der Waals surface area (Å²) in [5.74, 6) is 0. The van der Waals surface area contributed by atoms with Gasteiger partial charge in [0.2, 0.25) is 0 Å². The molecule has 0 unspecified atom stereocenters. The maximum absolute atomic E-state index is 4.99. The van der Waals surface area contributed by atoms with Gasteiger partial charge in [0, 0.05) is 14.2 Å². The van der Waals surface area contributed by atoms with Crippen LogP contribution in [0.1, 0.15) is 11.1 Å². The normalized spacial score (nSPS) is 10.2. The van der Waals surface area contributed by atoms with Crippen molar-refractivity contribution in [1.29, 1.82) is 0 Å². The molecule has 0 saturated carbocycles. The highest BCUT2D eigenvalue weighted by atomic mass is 16.5. The molecule has 0 amide bonds. The summed E-state index contributed by atoms with van der Waals surface area (Å²) < 4.78 is 9.86. The minimum Gasteiger partial charge on any atom is -0.380 e. The molecule has 0 fully saturated rings. The van der Waals surface area contributed by atoms with E-state index in [0.29, 0.717) is 6.61 Å². The quantitative estimate of drug-likeness (QED) is 0.679. The Morgan fingerprint density at radius 3 is 2.33 bits per heavy atom. The van der Waals surface area contributed by atoms with Crippen molar-refractivity contribution in [3.05, 3.63) is 42.0 Å². The lowest BCUT2D eigenvalue weighted by Gasteiger charge is -2.01. The molecule has 0 bridgehead atoms. The smallest absolute Gasteiger partial charge is 0.112 e. The minimum atomic E-state index is 0.660. The van der Waals surface area contributed by atoms with E-state index in [9.17, 15) is 0 Å². The maximum atomic E-state index is 4.99. The molecule has 0 saturated heterocycles. The molecule has 0 spiro atoms. The van der Waals surface area contributed by atoms with Crippen LogP contribution in [0.5, 0.6) is 0 Å². The van der Waals surface area contributed by atoms with Gasteiger partial charge < -0.3 is 9.47 Å². The van der Waals surface area contributed by atoms with Gasteiger partial charge in [-0.1, -0.05) is 24.3 Å². The van der Waals surface area contributed by atoms with Crippen molar-refractivity contribution in [2.75, 3.05) is 14.2 Å². The fourth-order valence-electron chi connectivity index (χ4n) is 0.995. The molecule has 0 aliphatic heterocycles. The molecule has 65 valence electrons. The van der Waals surface area contributed by atoms with Gasteiger partial charge in [-0.2, -0.15) is 0 Å². The van der Waals surface area contributed by atoms with Gasteiger partial charge in [-0.15, -0.1) is 0 Å². The molecule has 0 atom stereocenters. The lowest BCUT2D eigenvalue weighted by atomic mass is 10.1. The van der Waals surface area contributed by atoms with Crippen LogP contribution in [-0.4, -0.2) is 14.2 Å². The molecule has 1 rings (SSSR count). The zero-order valence-electron chi connectivity index (χ0n) is 7.41. The Morgan fingerprint density at radius 2 is 1.83 bits per heavy atom. The van der Waals surface area contributed by atoms with Crippen molar-refractivity contribution in [1.82, 2.24) is 0 Å². The van der Waals surface area contributed by atoms with Gasteiger partial charge >= 0.3 is 0 Å². The highest BCUT2D eigenvalue weighted by Crippen LogP contribution is 2.07. The number of ether oxygens (including phenoxy) is 2. The van der Waals surface area contributed by atoms with E-state index in [0.717, 1.165) is 5.56 Å². The third-order valence-corrected chi connectivity index (χ3v) is 1.54. The molecule has 1 radical (unpaired) electrons. The first-order valence-electron chi connectivity index (χ1n) is 3.80. The van der Waals surface area contributed by atoms with Gasteiger partial charge in [0.05, 0.1) is 6.61 Å². The Labute approximate surface area is 73.1 Å². The van der Waals surface area contributed by atoms with E-state index in [-0.39, 0.29) is 0 Å². The SMILES string of the molecule is CO[CH]c1ccc(COC)cc1. The number of hydrogen-bond donors (Lipinski definition) is 0. The molecule has 12 heavy (non-hydrogen) atoms. The zero-order valence-corrected chi connectivity index (χ0v) is 7.41. The van der Waals surface area contributed by atoms with Crippen LogP contribution < -0.4 is 0 Å². The van der Waals surface area contributed by atoms with Crippen molar-refractivity contribution in [3.8, 4) is 0 Å². The number of methoxy groups -OCH3 is 2. The summed E-state index contributed by atoms with van der Waals surface area (Å²) in [7, 11) is 3.33. The zero-order chi connectivity index (χ0) is 8.81. The monoisotopic (exact) mass is 165 g/mol. The highest BCUT2D eigenvalue weighted by molar-refractivity contribution is 5.25. The van der Waals surface area contributed by atoms with Crippen LogP contribution in [0.25, 0.3) is 0 Å². The molecule has 0 heterocycles. The second-order valence-electron chi connectivity index (χ2n) is 2.53. The van der Waals surface area contributed by atoms with E-state index in [1.807, 2.05) is 24.3 Å². The van der Waals surface area contributed by atoms with E-state index in [1.165, 1.54) is 5.56 Å². The topological polar surface area (TPSA) is 18.5 Å². The molecule has 0 aromatic heterocycles. The Hall–Kier alpha value is -0.860. The molecule has 0 aliphatic carbocycles.